The molecule has 0 spiro atoms. The monoisotopic (exact) mass is 345 g/mol. The van der Waals surface area contributed by atoms with Gasteiger partial charge in [-0.3, -0.25) is 9.59 Å². The van der Waals surface area contributed by atoms with Crippen LogP contribution in [0.2, 0.25) is 0 Å². The Morgan fingerprint density at radius 2 is 2.32 bits per heavy atom. The first-order valence-corrected chi connectivity index (χ1v) is 8.64. The molecule has 1 atom stereocenters. The lowest BCUT2D eigenvalue weighted by Gasteiger charge is -2.39. The van der Waals surface area contributed by atoms with Crippen LogP contribution < -0.4 is 5.32 Å². The van der Waals surface area contributed by atoms with E-state index in [1.165, 1.54) is 0 Å². The van der Waals surface area contributed by atoms with Crippen LogP contribution in [0.3, 0.4) is 0 Å². The molecule has 1 fully saturated rings. The number of carbonyl (C=O) groups excluding carboxylic acids is 2. The molecule has 1 aromatic rings. The molecule has 3 heterocycles. The van der Waals surface area contributed by atoms with Gasteiger partial charge in [-0.2, -0.15) is 0 Å². The minimum absolute atomic E-state index is 0.00775. The zero-order valence-corrected chi connectivity index (χ0v) is 14.4. The normalized spacial score (nSPS) is 19.5. The van der Waals surface area contributed by atoms with Crippen LogP contribution >= 0.6 is 0 Å². The molecule has 0 saturated carbocycles. The van der Waals surface area contributed by atoms with Crippen molar-refractivity contribution < 1.29 is 19.1 Å². The Morgan fingerprint density at radius 3 is 3.08 bits per heavy atom. The molecular formula is C18H23N3O4. The largest absolute Gasteiger partial charge is 0.379 e. The van der Waals surface area contributed by atoms with Crippen LogP contribution in [0.15, 0.2) is 18.3 Å². The standard InChI is InChI=1S/C18H23N3O4/c1-2-24-9-10-25-17-7-8-21(17)16(23)6-3-13-11-14-4-5-15(22)20-18(14)19-12-13/h3,6,11-12,17H,2,4-5,7-10H2,1H3,(H,19,20,22). The molecule has 134 valence electrons. The number of aryl methyl sites for hydroxylation is 1. The van der Waals surface area contributed by atoms with Crippen LogP contribution in [0.1, 0.15) is 30.9 Å². The summed E-state index contributed by atoms with van der Waals surface area (Å²) < 4.78 is 10.9. The molecule has 2 aliphatic rings. The summed E-state index contributed by atoms with van der Waals surface area (Å²) in [6.07, 6.45) is 6.78. The van der Waals surface area contributed by atoms with Gasteiger partial charge < -0.3 is 19.7 Å². The molecule has 1 aromatic heterocycles. The summed E-state index contributed by atoms with van der Waals surface area (Å²) in [4.78, 5) is 29.6. The van der Waals surface area contributed by atoms with Gasteiger partial charge in [-0.1, -0.05) is 0 Å². The van der Waals surface area contributed by atoms with E-state index in [1.54, 1.807) is 23.2 Å². The summed E-state index contributed by atoms with van der Waals surface area (Å²) in [6, 6.07) is 1.96. The van der Waals surface area contributed by atoms with Crippen LogP contribution in [0, 0.1) is 0 Å². The Balaban J connectivity index is 1.53. The topological polar surface area (TPSA) is 80.8 Å². The molecule has 7 nitrogen and oxygen atoms in total. The van der Waals surface area contributed by atoms with Crippen molar-refractivity contribution in [1.29, 1.82) is 0 Å². The van der Waals surface area contributed by atoms with Crippen LogP contribution in [-0.2, 0) is 25.5 Å². The first kappa shape index (κ1) is 17.6. The highest BCUT2D eigenvalue weighted by Gasteiger charge is 2.31. The van der Waals surface area contributed by atoms with E-state index in [0.29, 0.717) is 45.0 Å². The number of anilines is 1. The molecule has 3 rings (SSSR count). The molecule has 2 amide bonds. The van der Waals surface area contributed by atoms with Gasteiger partial charge in [0.15, 0.2) is 0 Å². The molecule has 0 bridgehead atoms. The van der Waals surface area contributed by atoms with Gasteiger partial charge in [0, 0.05) is 38.3 Å². The fourth-order valence-corrected chi connectivity index (χ4v) is 2.81. The van der Waals surface area contributed by atoms with E-state index in [4.69, 9.17) is 9.47 Å². The zero-order valence-electron chi connectivity index (χ0n) is 14.4. The Bertz CT molecular complexity index is 674. The number of hydrogen-bond acceptors (Lipinski definition) is 5. The molecule has 7 heteroatoms. The highest BCUT2D eigenvalue weighted by atomic mass is 16.5. The average molecular weight is 345 g/mol. The third kappa shape index (κ3) is 4.43. The van der Waals surface area contributed by atoms with E-state index in [0.717, 1.165) is 17.5 Å². The van der Waals surface area contributed by atoms with Crippen molar-refractivity contribution in [1.82, 2.24) is 9.88 Å². The van der Waals surface area contributed by atoms with Crippen molar-refractivity contribution in [2.24, 2.45) is 0 Å². The number of hydrogen-bond donors (Lipinski definition) is 1. The fourth-order valence-electron chi connectivity index (χ4n) is 2.81. The van der Waals surface area contributed by atoms with E-state index in [9.17, 15) is 9.59 Å². The van der Waals surface area contributed by atoms with E-state index in [2.05, 4.69) is 10.3 Å². The van der Waals surface area contributed by atoms with Gasteiger partial charge in [-0.15, -0.1) is 0 Å². The highest BCUT2D eigenvalue weighted by molar-refractivity contribution is 5.94. The Labute approximate surface area is 147 Å². The second kappa shape index (κ2) is 8.22. The summed E-state index contributed by atoms with van der Waals surface area (Å²) >= 11 is 0. The Morgan fingerprint density at radius 1 is 1.44 bits per heavy atom. The highest BCUT2D eigenvalue weighted by Crippen LogP contribution is 2.22. The third-order valence-electron chi connectivity index (χ3n) is 4.28. The first-order valence-electron chi connectivity index (χ1n) is 8.64. The van der Waals surface area contributed by atoms with E-state index in [1.807, 2.05) is 13.0 Å². The minimum atomic E-state index is -0.158. The number of fused-ring (bicyclic) bond motifs is 1. The molecule has 1 unspecified atom stereocenters. The van der Waals surface area contributed by atoms with Crippen molar-refractivity contribution in [2.45, 2.75) is 32.4 Å². The maximum atomic E-state index is 12.3. The van der Waals surface area contributed by atoms with Crippen LogP contribution in [0.5, 0.6) is 0 Å². The maximum absolute atomic E-state index is 12.3. The second-order valence-corrected chi connectivity index (χ2v) is 6.00. The quantitative estimate of drug-likeness (QED) is 0.600. The van der Waals surface area contributed by atoms with Crippen molar-refractivity contribution in [3.8, 4) is 0 Å². The smallest absolute Gasteiger partial charge is 0.248 e. The molecule has 0 radical (unpaired) electrons. The van der Waals surface area contributed by atoms with Gasteiger partial charge in [0.25, 0.3) is 0 Å². The number of ether oxygens (including phenoxy) is 2. The van der Waals surface area contributed by atoms with Gasteiger partial charge in [0.05, 0.1) is 13.2 Å². The van der Waals surface area contributed by atoms with Gasteiger partial charge in [-0.25, -0.2) is 4.98 Å². The number of pyridine rings is 1. The molecule has 0 aromatic carbocycles. The predicted molar refractivity (Wildman–Crippen MR) is 92.8 cm³/mol. The zero-order chi connectivity index (χ0) is 17.6. The number of nitrogens with zero attached hydrogens (tertiary/aromatic N) is 2. The molecular weight excluding hydrogens is 322 g/mol. The summed E-state index contributed by atoms with van der Waals surface area (Å²) in [6.45, 7) is 4.34. The number of rotatable bonds is 7. The summed E-state index contributed by atoms with van der Waals surface area (Å²) in [5.41, 5.74) is 1.84. The predicted octanol–water partition coefficient (Wildman–Crippen LogP) is 1.59. The van der Waals surface area contributed by atoms with Crippen LogP contribution in [-0.4, -0.2) is 54.3 Å². The van der Waals surface area contributed by atoms with Crippen LogP contribution in [0.4, 0.5) is 5.82 Å². The molecule has 2 aliphatic heterocycles. The number of likely N-dealkylation sites (tertiary alicyclic amines) is 1. The number of aromatic nitrogens is 1. The van der Waals surface area contributed by atoms with Crippen molar-refractivity contribution >= 4 is 23.7 Å². The van der Waals surface area contributed by atoms with Crippen molar-refractivity contribution in [2.75, 3.05) is 31.7 Å². The fraction of sp³-hybridized carbons (Fsp3) is 0.500. The summed E-state index contributed by atoms with van der Waals surface area (Å²) in [7, 11) is 0. The number of nitrogens with one attached hydrogen (secondary N) is 1. The SMILES string of the molecule is CCOCCOC1CCN1C(=O)C=Cc1cnc2c(c1)CCC(=O)N2. The maximum Gasteiger partial charge on any atom is 0.248 e. The minimum Gasteiger partial charge on any atom is -0.379 e. The lowest BCUT2D eigenvalue weighted by molar-refractivity contribution is -0.162. The lowest BCUT2D eigenvalue weighted by Crippen LogP contribution is -2.52. The van der Waals surface area contributed by atoms with Gasteiger partial charge in [0.1, 0.15) is 12.0 Å². The number of carbonyl (C=O) groups is 2. The van der Waals surface area contributed by atoms with E-state index >= 15 is 0 Å². The van der Waals surface area contributed by atoms with E-state index < -0.39 is 0 Å². The van der Waals surface area contributed by atoms with E-state index in [-0.39, 0.29) is 18.0 Å². The Kier molecular flexibility index (Phi) is 5.78. The molecule has 1 saturated heterocycles. The average Bonchev–Trinajstić information content (AvgIpc) is 2.58. The molecule has 25 heavy (non-hydrogen) atoms. The third-order valence-corrected chi connectivity index (χ3v) is 4.28. The van der Waals surface area contributed by atoms with Gasteiger partial charge in [-0.05, 0) is 36.6 Å². The Hall–Kier alpha value is -2.25. The first-order chi connectivity index (χ1) is 12.2. The van der Waals surface area contributed by atoms with Crippen LogP contribution in [0.25, 0.3) is 6.08 Å². The lowest BCUT2D eigenvalue weighted by atomic mass is 10.0. The second-order valence-electron chi connectivity index (χ2n) is 6.00. The van der Waals surface area contributed by atoms with Gasteiger partial charge in [0.2, 0.25) is 11.8 Å². The van der Waals surface area contributed by atoms with Gasteiger partial charge >= 0.3 is 0 Å². The molecule has 0 aliphatic carbocycles. The molecule has 1 N–H and O–H groups in total. The van der Waals surface area contributed by atoms with Crippen molar-refractivity contribution in [3.05, 3.63) is 29.5 Å². The summed E-state index contributed by atoms with van der Waals surface area (Å²) in [5.74, 6) is 0.538. The van der Waals surface area contributed by atoms with Crippen molar-refractivity contribution in [3.63, 3.8) is 0 Å². The number of amides is 2. The summed E-state index contributed by atoms with van der Waals surface area (Å²) in [5, 5.41) is 2.75.